The Morgan fingerprint density at radius 1 is 1.32 bits per heavy atom. The van der Waals surface area contributed by atoms with Crippen LogP contribution in [0.4, 0.5) is 0 Å². The molecule has 6 heteroatoms. The quantitative estimate of drug-likeness (QED) is 0.387. The second-order valence-electron chi connectivity index (χ2n) is 5.01. The van der Waals surface area contributed by atoms with Crippen LogP contribution in [0.2, 0.25) is 0 Å². The highest BCUT2D eigenvalue weighted by Gasteiger charge is 2.29. The fourth-order valence-electron chi connectivity index (χ4n) is 1.97. The van der Waals surface area contributed by atoms with Crippen LogP contribution in [0.3, 0.4) is 0 Å². The minimum Gasteiger partial charge on any atom is -0.357 e. The zero-order valence-corrected chi connectivity index (χ0v) is 13.0. The van der Waals surface area contributed by atoms with Crippen LogP contribution in [0.15, 0.2) is 4.99 Å². The number of carbonyl (C=O) groups is 1. The van der Waals surface area contributed by atoms with E-state index in [0.29, 0.717) is 17.8 Å². The molecule has 0 bridgehead atoms. The van der Waals surface area contributed by atoms with E-state index in [1.165, 1.54) is 25.5 Å². The van der Waals surface area contributed by atoms with Gasteiger partial charge < -0.3 is 16.0 Å². The van der Waals surface area contributed by atoms with Crippen LogP contribution >= 0.6 is 11.8 Å². The van der Waals surface area contributed by atoms with Crippen molar-refractivity contribution in [2.24, 2.45) is 4.99 Å². The van der Waals surface area contributed by atoms with Crippen molar-refractivity contribution in [1.29, 1.82) is 0 Å². The summed E-state index contributed by atoms with van der Waals surface area (Å²) in [4.78, 5) is 15.4. The lowest BCUT2D eigenvalue weighted by atomic mass is 10.1. The zero-order valence-electron chi connectivity index (χ0n) is 12.2. The fraction of sp³-hybridized carbons (Fsp3) is 0.846. The smallest absolute Gasteiger partial charge is 0.216 e. The number of nitrogens with one attached hydrogen (secondary N) is 3. The van der Waals surface area contributed by atoms with Crippen molar-refractivity contribution in [3.63, 3.8) is 0 Å². The summed E-state index contributed by atoms with van der Waals surface area (Å²) in [6, 6.07) is 0. The molecule has 110 valence electrons. The predicted molar refractivity (Wildman–Crippen MR) is 82.8 cm³/mol. The molecule has 3 N–H and O–H groups in total. The van der Waals surface area contributed by atoms with Gasteiger partial charge in [-0.1, -0.05) is 0 Å². The highest BCUT2D eigenvalue weighted by Crippen LogP contribution is 2.37. The van der Waals surface area contributed by atoms with Crippen molar-refractivity contribution < 1.29 is 4.79 Å². The zero-order chi connectivity index (χ0) is 14.1. The molecule has 0 aromatic rings. The summed E-state index contributed by atoms with van der Waals surface area (Å²) in [6.45, 7) is 8.85. The lowest BCUT2D eigenvalue weighted by molar-refractivity contribution is -0.118. The minimum atomic E-state index is -0.00129. The average Bonchev–Trinajstić information content (AvgIpc) is 2.78. The Bertz CT molecular complexity index is 314. The van der Waals surface area contributed by atoms with Crippen LogP contribution in [0.5, 0.6) is 0 Å². The van der Waals surface area contributed by atoms with E-state index >= 15 is 0 Å². The van der Waals surface area contributed by atoms with Gasteiger partial charge in [0.05, 0.1) is 6.54 Å². The predicted octanol–water partition coefficient (Wildman–Crippen LogP) is 0.963. The van der Waals surface area contributed by atoms with Gasteiger partial charge in [-0.25, -0.2) is 0 Å². The molecule has 1 heterocycles. The molecule has 1 aliphatic heterocycles. The van der Waals surface area contributed by atoms with Crippen LogP contribution in [0, 0.1) is 0 Å². The number of rotatable bonds is 6. The molecule has 0 aliphatic carbocycles. The van der Waals surface area contributed by atoms with E-state index in [2.05, 4.69) is 34.8 Å². The average molecular weight is 286 g/mol. The Labute approximate surface area is 120 Å². The summed E-state index contributed by atoms with van der Waals surface area (Å²) in [5.41, 5.74) is 0. The third kappa shape index (κ3) is 6.71. The van der Waals surface area contributed by atoms with Crippen LogP contribution < -0.4 is 16.0 Å². The molecule has 5 nitrogen and oxygen atoms in total. The van der Waals surface area contributed by atoms with Crippen LogP contribution in [-0.2, 0) is 4.79 Å². The van der Waals surface area contributed by atoms with E-state index in [1.807, 2.05) is 11.8 Å². The van der Waals surface area contributed by atoms with Gasteiger partial charge in [-0.2, -0.15) is 11.8 Å². The van der Waals surface area contributed by atoms with Gasteiger partial charge in [-0.3, -0.25) is 9.79 Å². The Balaban J connectivity index is 2.35. The highest BCUT2D eigenvalue weighted by molar-refractivity contribution is 8.00. The monoisotopic (exact) mass is 286 g/mol. The molecule has 0 spiro atoms. The van der Waals surface area contributed by atoms with E-state index in [9.17, 15) is 4.79 Å². The van der Waals surface area contributed by atoms with Gasteiger partial charge in [0.15, 0.2) is 5.96 Å². The molecule has 1 rings (SSSR count). The Kier molecular flexibility index (Phi) is 7.05. The molecular formula is C13H26N4OS. The molecule has 0 aromatic carbocycles. The number of hydrogen-bond acceptors (Lipinski definition) is 3. The summed E-state index contributed by atoms with van der Waals surface area (Å²) in [6.07, 6.45) is 2.54. The molecule has 1 saturated heterocycles. The van der Waals surface area contributed by atoms with Gasteiger partial charge in [0.25, 0.3) is 0 Å². The van der Waals surface area contributed by atoms with Crippen molar-refractivity contribution in [3.8, 4) is 0 Å². The minimum absolute atomic E-state index is 0.00129. The summed E-state index contributed by atoms with van der Waals surface area (Å²) in [7, 11) is 0. The van der Waals surface area contributed by atoms with Gasteiger partial charge in [-0.05, 0) is 32.4 Å². The lowest BCUT2D eigenvalue weighted by Crippen LogP contribution is -2.42. The fourth-order valence-corrected chi connectivity index (χ4v) is 3.20. The molecular weight excluding hydrogens is 260 g/mol. The summed E-state index contributed by atoms with van der Waals surface area (Å²) in [5, 5.41) is 9.22. The molecule has 0 radical (unpaired) electrons. The molecule has 1 atom stereocenters. The maximum atomic E-state index is 10.8. The van der Waals surface area contributed by atoms with Crippen LogP contribution in [0.25, 0.3) is 0 Å². The molecule has 1 aliphatic rings. The molecule has 1 amide bonds. The topological polar surface area (TPSA) is 65.5 Å². The first-order chi connectivity index (χ1) is 9.06. The molecule has 0 aromatic heterocycles. The second-order valence-corrected chi connectivity index (χ2v) is 6.69. The molecule has 1 unspecified atom stereocenters. The maximum absolute atomic E-state index is 10.8. The van der Waals surface area contributed by atoms with Gasteiger partial charge in [0, 0.05) is 31.3 Å². The van der Waals surface area contributed by atoms with E-state index < -0.39 is 0 Å². The Hall–Kier alpha value is -0.910. The van der Waals surface area contributed by atoms with Gasteiger partial charge in [0.1, 0.15) is 0 Å². The van der Waals surface area contributed by atoms with E-state index in [-0.39, 0.29) is 5.91 Å². The third-order valence-corrected chi connectivity index (χ3v) is 4.53. The number of aliphatic imine (C=N–C) groups is 1. The molecule has 19 heavy (non-hydrogen) atoms. The first-order valence-electron chi connectivity index (χ1n) is 6.96. The van der Waals surface area contributed by atoms with Gasteiger partial charge >= 0.3 is 0 Å². The third-order valence-electron chi connectivity index (χ3n) is 3.01. The summed E-state index contributed by atoms with van der Waals surface area (Å²) in [5.74, 6) is 2.08. The number of amides is 1. The first kappa shape index (κ1) is 16.1. The summed E-state index contributed by atoms with van der Waals surface area (Å²) < 4.78 is 0.292. The second kappa shape index (κ2) is 8.30. The largest absolute Gasteiger partial charge is 0.357 e. The molecule has 1 fully saturated rings. The van der Waals surface area contributed by atoms with E-state index in [0.717, 1.165) is 19.0 Å². The van der Waals surface area contributed by atoms with Crippen molar-refractivity contribution in [2.75, 3.05) is 31.9 Å². The van der Waals surface area contributed by atoms with Crippen molar-refractivity contribution in [3.05, 3.63) is 0 Å². The van der Waals surface area contributed by atoms with Crippen molar-refractivity contribution in [1.82, 2.24) is 16.0 Å². The number of hydrogen-bond donors (Lipinski definition) is 3. The number of thioether (sulfide) groups is 1. The number of guanidine groups is 1. The lowest BCUT2D eigenvalue weighted by Gasteiger charge is -2.21. The van der Waals surface area contributed by atoms with Crippen LogP contribution in [0.1, 0.15) is 33.6 Å². The first-order valence-corrected chi connectivity index (χ1v) is 7.95. The Morgan fingerprint density at radius 3 is 2.63 bits per heavy atom. The maximum Gasteiger partial charge on any atom is 0.216 e. The standard InChI is InChI=1S/C13H26N4OS/c1-4-14-12(16-8-7-15-11(2)18)17-10-13(3)6-5-9-19-13/h4-10H2,1-3H3,(H,15,18)(H2,14,16,17). The van der Waals surface area contributed by atoms with Gasteiger partial charge in [0.2, 0.25) is 5.91 Å². The summed E-state index contributed by atoms with van der Waals surface area (Å²) >= 11 is 2.02. The SMILES string of the molecule is CCNC(=NCC1(C)CCCS1)NCCNC(C)=O. The number of nitrogens with zero attached hydrogens (tertiary/aromatic N) is 1. The normalized spacial score (nSPS) is 23.2. The van der Waals surface area contributed by atoms with E-state index in [4.69, 9.17) is 0 Å². The van der Waals surface area contributed by atoms with Crippen molar-refractivity contribution in [2.45, 2.75) is 38.4 Å². The van der Waals surface area contributed by atoms with Crippen LogP contribution in [-0.4, -0.2) is 48.5 Å². The molecule has 0 saturated carbocycles. The van der Waals surface area contributed by atoms with E-state index in [1.54, 1.807) is 0 Å². The Morgan fingerprint density at radius 2 is 2.05 bits per heavy atom. The highest BCUT2D eigenvalue weighted by atomic mass is 32.2. The van der Waals surface area contributed by atoms with Gasteiger partial charge in [-0.15, -0.1) is 0 Å². The number of carbonyl (C=O) groups excluding carboxylic acids is 1. The van der Waals surface area contributed by atoms with Crippen molar-refractivity contribution >= 4 is 23.6 Å².